The Morgan fingerprint density at radius 2 is 1.60 bits per heavy atom. The Bertz CT molecular complexity index is 494. The zero-order valence-corrected chi connectivity index (χ0v) is 16.0. The lowest BCUT2D eigenvalue weighted by Gasteiger charge is -2.07. The van der Waals surface area contributed by atoms with Gasteiger partial charge in [0.25, 0.3) is 0 Å². The third-order valence-electron chi connectivity index (χ3n) is 4.24. The Kier molecular flexibility index (Phi) is 12.4. The molecule has 1 rings (SSSR count). The van der Waals surface area contributed by atoms with E-state index in [9.17, 15) is 4.79 Å². The third-order valence-corrected chi connectivity index (χ3v) is 4.24. The molecule has 0 aliphatic heterocycles. The molecule has 1 aromatic rings. The zero-order valence-electron chi connectivity index (χ0n) is 16.0. The highest BCUT2D eigenvalue weighted by molar-refractivity contribution is 5.86. The van der Waals surface area contributed by atoms with Crippen molar-refractivity contribution >= 4 is 12.0 Å². The minimum absolute atomic E-state index is 0.350. The van der Waals surface area contributed by atoms with Crippen molar-refractivity contribution in [1.82, 2.24) is 0 Å². The van der Waals surface area contributed by atoms with Gasteiger partial charge in [-0.2, -0.15) is 0 Å². The van der Waals surface area contributed by atoms with E-state index < -0.39 is 0 Å². The van der Waals surface area contributed by atoms with Crippen molar-refractivity contribution in [3.05, 3.63) is 35.9 Å². The molecule has 0 aromatic heterocycles. The lowest BCUT2D eigenvalue weighted by atomic mass is 10.1. The summed E-state index contributed by atoms with van der Waals surface area (Å²) in [5.74, 6) is 0.500. The average molecular weight is 347 g/mol. The fourth-order valence-electron chi connectivity index (χ4n) is 2.72. The van der Waals surface area contributed by atoms with E-state index in [1.165, 1.54) is 71.0 Å². The fourth-order valence-corrected chi connectivity index (χ4v) is 2.72. The molecule has 140 valence electrons. The topological polar surface area (TPSA) is 35.5 Å². The van der Waals surface area contributed by atoms with E-state index in [0.717, 1.165) is 24.3 Å². The minimum atomic E-state index is -0.350. The van der Waals surface area contributed by atoms with Crippen LogP contribution in [-0.2, 0) is 9.53 Å². The van der Waals surface area contributed by atoms with Gasteiger partial charge in [-0.05, 0) is 30.2 Å². The molecule has 0 atom stereocenters. The second-order valence-electron chi connectivity index (χ2n) is 6.46. The number of carbonyl (C=O) groups is 1. The van der Waals surface area contributed by atoms with E-state index in [0.29, 0.717) is 0 Å². The summed E-state index contributed by atoms with van der Waals surface area (Å²) in [5.41, 5.74) is 0.936. The van der Waals surface area contributed by atoms with Crippen molar-refractivity contribution < 1.29 is 14.3 Å². The van der Waals surface area contributed by atoms with Crippen LogP contribution in [0.5, 0.6) is 5.75 Å². The monoisotopic (exact) mass is 346 g/mol. The Labute approximate surface area is 153 Å². The zero-order chi connectivity index (χ0) is 18.2. The maximum Gasteiger partial charge on any atom is 0.330 e. The maximum atomic E-state index is 11.1. The molecule has 0 aliphatic rings. The van der Waals surface area contributed by atoms with Gasteiger partial charge in [0.2, 0.25) is 0 Å². The number of carbonyl (C=O) groups excluding carboxylic acids is 1. The van der Waals surface area contributed by atoms with Crippen molar-refractivity contribution in [3.63, 3.8) is 0 Å². The number of esters is 1. The summed E-state index contributed by atoms with van der Waals surface area (Å²) in [5, 5.41) is 0. The van der Waals surface area contributed by atoms with Crippen LogP contribution in [-0.4, -0.2) is 19.7 Å². The molecule has 0 saturated carbocycles. The largest absolute Gasteiger partial charge is 0.494 e. The molecular weight excluding hydrogens is 312 g/mol. The maximum absolute atomic E-state index is 11.1. The Balaban J connectivity index is 2.08. The van der Waals surface area contributed by atoms with Gasteiger partial charge in [0.05, 0.1) is 13.7 Å². The summed E-state index contributed by atoms with van der Waals surface area (Å²) in [4.78, 5) is 11.1. The van der Waals surface area contributed by atoms with Gasteiger partial charge in [0.15, 0.2) is 0 Å². The molecule has 0 unspecified atom stereocenters. The molecule has 0 saturated heterocycles. The van der Waals surface area contributed by atoms with Crippen LogP contribution in [0.1, 0.15) is 76.7 Å². The smallest absolute Gasteiger partial charge is 0.330 e. The number of benzene rings is 1. The van der Waals surface area contributed by atoms with Gasteiger partial charge in [0.1, 0.15) is 5.75 Å². The Hall–Kier alpha value is -1.77. The molecule has 0 aliphatic carbocycles. The van der Waals surface area contributed by atoms with Crippen molar-refractivity contribution in [1.29, 1.82) is 0 Å². The van der Waals surface area contributed by atoms with Gasteiger partial charge in [-0.3, -0.25) is 0 Å². The molecule has 0 heterocycles. The lowest BCUT2D eigenvalue weighted by molar-refractivity contribution is -0.134. The van der Waals surface area contributed by atoms with Crippen molar-refractivity contribution in [2.75, 3.05) is 13.7 Å². The standard InChI is InChI=1S/C22H34O3/c1-3-4-5-6-7-8-9-10-11-12-18-25-21-15-13-14-20(19-21)16-17-22(23)24-2/h13-17,19H,3-12,18H2,1-2H3. The van der Waals surface area contributed by atoms with Crippen molar-refractivity contribution in [2.24, 2.45) is 0 Å². The van der Waals surface area contributed by atoms with Crippen LogP contribution >= 0.6 is 0 Å². The third kappa shape index (κ3) is 11.4. The fraction of sp³-hybridized carbons (Fsp3) is 0.591. The van der Waals surface area contributed by atoms with E-state index in [1.54, 1.807) is 6.08 Å². The van der Waals surface area contributed by atoms with Crippen LogP contribution in [0, 0.1) is 0 Å². The van der Waals surface area contributed by atoms with Gasteiger partial charge >= 0.3 is 5.97 Å². The first-order chi connectivity index (χ1) is 12.3. The molecule has 0 fully saturated rings. The van der Waals surface area contributed by atoms with Crippen LogP contribution in [0.4, 0.5) is 0 Å². The van der Waals surface area contributed by atoms with Crippen LogP contribution in [0.3, 0.4) is 0 Å². The highest BCUT2D eigenvalue weighted by atomic mass is 16.5. The first-order valence-corrected chi connectivity index (χ1v) is 9.75. The number of rotatable bonds is 14. The molecule has 0 spiro atoms. The van der Waals surface area contributed by atoms with E-state index in [2.05, 4.69) is 11.7 Å². The summed E-state index contributed by atoms with van der Waals surface area (Å²) >= 11 is 0. The van der Waals surface area contributed by atoms with Gasteiger partial charge in [-0.25, -0.2) is 4.79 Å². The van der Waals surface area contributed by atoms with E-state index in [-0.39, 0.29) is 5.97 Å². The molecule has 1 aromatic carbocycles. The summed E-state index contributed by atoms with van der Waals surface area (Å²) in [6.45, 7) is 3.01. The lowest BCUT2D eigenvalue weighted by Crippen LogP contribution is -1.97. The first-order valence-electron chi connectivity index (χ1n) is 9.75. The van der Waals surface area contributed by atoms with Crippen LogP contribution < -0.4 is 4.74 Å². The number of unbranched alkanes of at least 4 members (excludes halogenated alkanes) is 9. The highest BCUT2D eigenvalue weighted by Crippen LogP contribution is 2.16. The van der Waals surface area contributed by atoms with Gasteiger partial charge < -0.3 is 9.47 Å². The second-order valence-corrected chi connectivity index (χ2v) is 6.46. The van der Waals surface area contributed by atoms with Gasteiger partial charge in [-0.15, -0.1) is 0 Å². The number of hydrogen-bond acceptors (Lipinski definition) is 3. The van der Waals surface area contributed by atoms with Crippen molar-refractivity contribution in [2.45, 2.75) is 71.1 Å². The Morgan fingerprint density at radius 1 is 0.960 bits per heavy atom. The van der Waals surface area contributed by atoms with Crippen molar-refractivity contribution in [3.8, 4) is 5.75 Å². The van der Waals surface area contributed by atoms with E-state index in [4.69, 9.17) is 4.74 Å². The SMILES string of the molecule is CCCCCCCCCCCCOc1cccc(C=CC(=O)OC)c1. The van der Waals surface area contributed by atoms with Crippen LogP contribution in [0.15, 0.2) is 30.3 Å². The Morgan fingerprint density at radius 3 is 2.24 bits per heavy atom. The predicted octanol–water partition coefficient (Wildman–Crippen LogP) is 6.17. The van der Waals surface area contributed by atoms with Gasteiger partial charge in [-0.1, -0.05) is 76.8 Å². The highest BCUT2D eigenvalue weighted by Gasteiger charge is 1.97. The van der Waals surface area contributed by atoms with Crippen LogP contribution in [0.25, 0.3) is 6.08 Å². The quantitative estimate of drug-likeness (QED) is 0.229. The molecular formula is C22H34O3. The van der Waals surface area contributed by atoms with E-state index >= 15 is 0 Å². The number of methoxy groups -OCH3 is 1. The molecule has 25 heavy (non-hydrogen) atoms. The number of ether oxygens (including phenoxy) is 2. The first kappa shape index (κ1) is 21.3. The second kappa shape index (κ2) is 14.6. The molecule has 0 radical (unpaired) electrons. The normalized spacial score (nSPS) is 11.0. The molecule has 3 heteroatoms. The minimum Gasteiger partial charge on any atom is -0.494 e. The molecule has 0 N–H and O–H groups in total. The summed E-state index contributed by atoms with van der Waals surface area (Å²) in [6.07, 6.45) is 16.4. The van der Waals surface area contributed by atoms with Gasteiger partial charge in [0, 0.05) is 6.08 Å². The average Bonchev–Trinajstić information content (AvgIpc) is 2.64. The predicted molar refractivity (Wildman–Crippen MR) is 105 cm³/mol. The summed E-state index contributed by atoms with van der Waals surface area (Å²) in [7, 11) is 1.37. The molecule has 3 nitrogen and oxygen atoms in total. The summed E-state index contributed by atoms with van der Waals surface area (Å²) in [6, 6.07) is 7.76. The summed E-state index contributed by atoms with van der Waals surface area (Å²) < 4.78 is 10.4. The number of hydrogen-bond donors (Lipinski definition) is 0. The van der Waals surface area contributed by atoms with E-state index in [1.807, 2.05) is 24.3 Å². The van der Waals surface area contributed by atoms with Crippen LogP contribution in [0.2, 0.25) is 0 Å². The molecule has 0 amide bonds. The molecule has 0 bridgehead atoms.